The van der Waals surface area contributed by atoms with Gasteiger partial charge in [0.05, 0.1) is 0 Å². The zero-order valence-corrected chi connectivity index (χ0v) is 9.92. The van der Waals surface area contributed by atoms with E-state index in [0.29, 0.717) is 18.1 Å². The minimum Gasteiger partial charge on any atom is -0.481 e. The van der Waals surface area contributed by atoms with Crippen LogP contribution in [0.1, 0.15) is 26.2 Å². The molecule has 2 N–H and O–H groups in total. The summed E-state index contributed by atoms with van der Waals surface area (Å²) in [5.41, 5.74) is -0.199. The predicted molar refractivity (Wildman–Crippen MR) is 60.7 cm³/mol. The zero-order valence-electron chi connectivity index (χ0n) is 9.10. The molecule has 1 rings (SSSR count). The second-order valence-corrected chi connectivity index (χ2v) is 4.32. The van der Waals surface area contributed by atoms with Crippen LogP contribution in [0.5, 0.6) is 0 Å². The van der Waals surface area contributed by atoms with E-state index in [4.69, 9.17) is 5.11 Å². The van der Waals surface area contributed by atoms with Crippen LogP contribution in [0.2, 0.25) is 0 Å². The van der Waals surface area contributed by atoms with Crippen LogP contribution in [0, 0.1) is 0 Å². The van der Waals surface area contributed by atoms with Gasteiger partial charge >= 0.3 is 11.7 Å². The van der Waals surface area contributed by atoms with Crippen molar-refractivity contribution in [3.8, 4) is 0 Å². The predicted octanol–water partition coefficient (Wildman–Crippen LogP) is 0.938. The van der Waals surface area contributed by atoms with Gasteiger partial charge in [0.2, 0.25) is 0 Å². The number of unbranched alkanes of at least 4 members (excludes halogenated alkanes) is 1. The molecule has 0 spiro atoms. The second kappa shape index (κ2) is 6.37. The van der Waals surface area contributed by atoms with Crippen molar-refractivity contribution in [2.75, 3.05) is 5.75 Å². The van der Waals surface area contributed by atoms with Gasteiger partial charge in [-0.15, -0.1) is 5.10 Å². The lowest BCUT2D eigenvalue weighted by molar-refractivity contribution is -0.137. The maximum atomic E-state index is 11.2. The van der Waals surface area contributed by atoms with E-state index in [9.17, 15) is 9.59 Å². The monoisotopic (exact) mass is 245 g/mol. The number of H-pyrrole nitrogens is 1. The van der Waals surface area contributed by atoms with Crippen molar-refractivity contribution in [1.29, 1.82) is 0 Å². The van der Waals surface area contributed by atoms with Gasteiger partial charge in [-0.25, -0.2) is 9.89 Å². The summed E-state index contributed by atoms with van der Waals surface area (Å²) in [7, 11) is 0. The number of hydrogen-bond acceptors (Lipinski definition) is 4. The zero-order chi connectivity index (χ0) is 12.0. The summed E-state index contributed by atoms with van der Waals surface area (Å²) in [5.74, 6) is 0.00707. The highest BCUT2D eigenvalue weighted by atomic mass is 32.2. The summed E-state index contributed by atoms with van der Waals surface area (Å²) in [6, 6.07) is 0. The number of aromatic amines is 1. The molecule has 0 atom stereocenters. The van der Waals surface area contributed by atoms with Gasteiger partial charge in [0.15, 0.2) is 5.16 Å². The largest absolute Gasteiger partial charge is 0.481 e. The lowest BCUT2D eigenvalue weighted by atomic mass is 10.3. The Morgan fingerprint density at radius 2 is 2.31 bits per heavy atom. The third-order valence-electron chi connectivity index (χ3n) is 2.06. The molecule has 0 aliphatic rings. The van der Waals surface area contributed by atoms with Crippen molar-refractivity contribution in [2.24, 2.45) is 0 Å². The molecule has 6 nitrogen and oxygen atoms in total. The second-order valence-electron chi connectivity index (χ2n) is 3.25. The van der Waals surface area contributed by atoms with Gasteiger partial charge < -0.3 is 5.11 Å². The molecule has 0 aliphatic carbocycles. The Kier molecular flexibility index (Phi) is 5.10. The van der Waals surface area contributed by atoms with E-state index in [1.807, 2.05) is 6.92 Å². The molecule has 1 aromatic rings. The van der Waals surface area contributed by atoms with Gasteiger partial charge in [0, 0.05) is 18.7 Å². The maximum absolute atomic E-state index is 11.2. The van der Waals surface area contributed by atoms with Crippen LogP contribution in [0.15, 0.2) is 9.95 Å². The van der Waals surface area contributed by atoms with E-state index in [2.05, 4.69) is 10.2 Å². The molecule has 0 saturated carbocycles. The standard InChI is InChI=1S/C9H15N3O3S/c1-2-12-8(15)10-11-9(12)16-6-4-3-5-7(13)14/h2-6H2,1H3,(H,10,15)(H,13,14). The molecule has 1 heterocycles. The van der Waals surface area contributed by atoms with Crippen molar-refractivity contribution >= 4 is 17.7 Å². The third-order valence-corrected chi connectivity index (χ3v) is 3.12. The van der Waals surface area contributed by atoms with E-state index >= 15 is 0 Å². The van der Waals surface area contributed by atoms with Crippen LogP contribution in [0.4, 0.5) is 0 Å². The number of aromatic nitrogens is 3. The minimum absolute atomic E-state index is 0.196. The first-order valence-corrected chi connectivity index (χ1v) is 6.13. The maximum Gasteiger partial charge on any atom is 0.343 e. The average Bonchev–Trinajstić information content (AvgIpc) is 2.58. The topological polar surface area (TPSA) is 88.0 Å². The summed E-state index contributed by atoms with van der Waals surface area (Å²) in [6.45, 7) is 2.47. The average molecular weight is 245 g/mol. The Labute approximate surface area is 97.1 Å². The first-order chi connectivity index (χ1) is 7.65. The number of nitrogens with one attached hydrogen (secondary N) is 1. The van der Waals surface area contributed by atoms with Crippen molar-refractivity contribution < 1.29 is 9.90 Å². The smallest absolute Gasteiger partial charge is 0.343 e. The Morgan fingerprint density at radius 3 is 2.94 bits per heavy atom. The lowest BCUT2D eigenvalue weighted by Crippen LogP contribution is -2.16. The Morgan fingerprint density at radius 1 is 1.56 bits per heavy atom. The number of aliphatic carboxylic acids is 1. The summed E-state index contributed by atoms with van der Waals surface area (Å²) >= 11 is 1.47. The molecule has 0 radical (unpaired) electrons. The van der Waals surface area contributed by atoms with Crippen LogP contribution < -0.4 is 5.69 Å². The fourth-order valence-corrected chi connectivity index (χ4v) is 2.24. The summed E-state index contributed by atoms with van der Waals surface area (Å²) in [6.07, 6.45) is 1.66. The fourth-order valence-electron chi connectivity index (χ4n) is 1.23. The van der Waals surface area contributed by atoms with E-state index in [1.165, 1.54) is 11.8 Å². The van der Waals surface area contributed by atoms with Gasteiger partial charge in [0.25, 0.3) is 0 Å². The third kappa shape index (κ3) is 3.73. The number of nitrogens with zero attached hydrogens (tertiary/aromatic N) is 2. The highest BCUT2D eigenvalue weighted by Crippen LogP contribution is 2.15. The molecular formula is C9H15N3O3S. The normalized spacial score (nSPS) is 10.6. The molecule has 16 heavy (non-hydrogen) atoms. The number of rotatable bonds is 7. The lowest BCUT2D eigenvalue weighted by Gasteiger charge is -2.01. The SMILES string of the molecule is CCn1c(SCCCCC(=O)O)n[nH]c1=O. The van der Waals surface area contributed by atoms with Gasteiger partial charge in [-0.3, -0.25) is 9.36 Å². The first-order valence-electron chi connectivity index (χ1n) is 5.15. The molecule has 0 aliphatic heterocycles. The van der Waals surface area contributed by atoms with Crippen molar-refractivity contribution in [2.45, 2.75) is 37.9 Å². The molecule has 7 heteroatoms. The van der Waals surface area contributed by atoms with Crippen LogP contribution >= 0.6 is 11.8 Å². The molecule has 0 unspecified atom stereocenters. The molecule has 0 saturated heterocycles. The van der Waals surface area contributed by atoms with E-state index in [-0.39, 0.29) is 12.1 Å². The van der Waals surface area contributed by atoms with Crippen LogP contribution in [-0.4, -0.2) is 31.6 Å². The first kappa shape index (κ1) is 12.8. The highest BCUT2D eigenvalue weighted by molar-refractivity contribution is 7.99. The molecule has 0 fully saturated rings. The quantitative estimate of drug-likeness (QED) is 0.551. The van der Waals surface area contributed by atoms with E-state index < -0.39 is 5.97 Å². The van der Waals surface area contributed by atoms with Crippen LogP contribution in [0.25, 0.3) is 0 Å². The number of thioether (sulfide) groups is 1. The summed E-state index contributed by atoms with van der Waals surface area (Å²) in [5, 5.41) is 15.4. The van der Waals surface area contributed by atoms with E-state index in [1.54, 1.807) is 4.57 Å². The van der Waals surface area contributed by atoms with Crippen molar-refractivity contribution in [3.63, 3.8) is 0 Å². The minimum atomic E-state index is -0.768. The number of carboxylic acid groups (broad SMARTS) is 1. The number of carboxylic acids is 1. The summed E-state index contributed by atoms with van der Waals surface area (Å²) < 4.78 is 1.56. The molecule has 0 aromatic carbocycles. The molecule has 0 amide bonds. The number of hydrogen-bond donors (Lipinski definition) is 2. The van der Waals surface area contributed by atoms with Crippen molar-refractivity contribution in [1.82, 2.24) is 14.8 Å². The van der Waals surface area contributed by atoms with Crippen LogP contribution in [-0.2, 0) is 11.3 Å². The molecule has 0 bridgehead atoms. The fraction of sp³-hybridized carbons (Fsp3) is 0.667. The van der Waals surface area contributed by atoms with Crippen LogP contribution in [0.3, 0.4) is 0 Å². The Balaban J connectivity index is 2.32. The number of carbonyl (C=O) groups is 1. The molecular weight excluding hydrogens is 230 g/mol. The van der Waals surface area contributed by atoms with Crippen molar-refractivity contribution in [3.05, 3.63) is 10.5 Å². The van der Waals surface area contributed by atoms with Gasteiger partial charge in [-0.05, 0) is 19.8 Å². The highest BCUT2D eigenvalue weighted by Gasteiger charge is 2.06. The molecule has 90 valence electrons. The van der Waals surface area contributed by atoms with Gasteiger partial charge in [-0.2, -0.15) is 0 Å². The van der Waals surface area contributed by atoms with Gasteiger partial charge in [0.1, 0.15) is 0 Å². The van der Waals surface area contributed by atoms with E-state index in [0.717, 1.165) is 12.2 Å². The Bertz CT molecular complexity index is 399. The molecule has 1 aromatic heterocycles. The summed E-state index contributed by atoms with van der Waals surface area (Å²) in [4.78, 5) is 21.5. The van der Waals surface area contributed by atoms with Gasteiger partial charge in [-0.1, -0.05) is 11.8 Å². The Hall–Kier alpha value is -1.24.